The van der Waals surface area contributed by atoms with Gasteiger partial charge < -0.3 is 5.11 Å². The van der Waals surface area contributed by atoms with Gasteiger partial charge in [-0.1, -0.05) is 174 Å². The summed E-state index contributed by atoms with van der Waals surface area (Å²) in [6.45, 7) is 6.92. The van der Waals surface area contributed by atoms with Crippen molar-refractivity contribution in [2.24, 2.45) is 11.8 Å². The van der Waals surface area contributed by atoms with E-state index in [9.17, 15) is 9.90 Å². The van der Waals surface area contributed by atoms with Crippen LogP contribution < -0.4 is 0 Å². The molecule has 1 atom stereocenters. The van der Waals surface area contributed by atoms with Gasteiger partial charge in [-0.15, -0.1) is 0 Å². The van der Waals surface area contributed by atoms with Crippen molar-refractivity contribution in [1.29, 1.82) is 0 Å². The van der Waals surface area contributed by atoms with E-state index in [2.05, 4.69) is 32.9 Å². The molecule has 0 spiro atoms. The van der Waals surface area contributed by atoms with Crippen LogP contribution >= 0.6 is 0 Å². The smallest absolute Gasteiger partial charge is 0.306 e. The molecule has 0 radical (unpaired) electrons. The van der Waals surface area contributed by atoms with Gasteiger partial charge in [0, 0.05) is 0 Å². The van der Waals surface area contributed by atoms with E-state index in [1.54, 1.807) is 0 Å². The molecule has 0 amide bonds. The number of aliphatic carboxylic acids is 1. The molecule has 0 bridgehead atoms. The molecule has 0 aromatic rings. The van der Waals surface area contributed by atoms with E-state index in [1.165, 1.54) is 154 Å². The van der Waals surface area contributed by atoms with E-state index in [0.717, 1.165) is 31.6 Å². The van der Waals surface area contributed by atoms with Crippen LogP contribution in [0.4, 0.5) is 0 Å². The summed E-state index contributed by atoms with van der Waals surface area (Å²) in [5.41, 5.74) is 0. The summed E-state index contributed by atoms with van der Waals surface area (Å²) < 4.78 is 0. The molecule has 0 aromatic heterocycles. The summed E-state index contributed by atoms with van der Waals surface area (Å²) in [4.78, 5) is 11.7. The number of unbranched alkanes of at least 4 members (excludes halogenated alkanes) is 22. The molecule has 0 rings (SSSR count). The summed E-state index contributed by atoms with van der Waals surface area (Å²) in [7, 11) is 0. The van der Waals surface area contributed by atoms with Gasteiger partial charge in [0.25, 0.3) is 0 Å². The average Bonchev–Trinajstić information content (AvgIpc) is 2.89. The maximum Gasteiger partial charge on any atom is 0.306 e. The van der Waals surface area contributed by atoms with Crippen molar-refractivity contribution in [3.63, 3.8) is 0 Å². The molecule has 226 valence electrons. The molecule has 0 heterocycles. The Labute approximate surface area is 240 Å². The second-order valence-electron chi connectivity index (χ2n) is 12.6. The maximum absolute atomic E-state index is 11.7. The molecule has 0 saturated heterocycles. The first-order chi connectivity index (χ1) is 18.6. The minimum absolute atomic E-state index is 0.109. The van der Waals surface area contributed by atoms with Crippen molar-refractivity contribution < 1.29 is 9.90 Å². The first-order valence-electron chi connectivity index (χ1n) is 17.5. The van der Waals surface area contributed by atoms with Gasteiger partial charge in [0.1, 0.15) is 0 Å². The SMILES string of the molecule is CCCCCCCC/C=C\CCCCCCCCC(CCCCCCCCCCCCCC(C)C)C(=O)O. The van der Waals surface area contributed by atoms with Crippen LogP contribution in [0.2, 0.25) is 0 Å². The van der Waals surface area contributed by atoms with Crippen molar-refractivity contribution in [2.75, 3.05) is 0 Å². The maximum atomic E-state index is 11.7. The van der Waals surface area contributed by atoms with E-state index >= 15 is 0 Å². The van der Waals surface area contributed by atoms with E-state index < -0.39 is 5.97 Å². The predicted octanol–water partition coefficient (Wildman–Crippen LogP) is 12.8. The zero-order valence-corrected chi connectivity index (χ0v) is 26.5. The number of hydrogen-bond donors (Lipinski definition) is 1. The lowest BCUT2D eigenvalue weighted by atomic mass is 9.94. The molecule has 2 nitrogen and oxygen atoms in total. The lowest BCUT2D eigenvalue weighted by Gasteiger charge is -2.12. The number of rotatable bonds is 31. The molecule has 0 aliphatic heterocycles. The minimum atomic E-state index is -0.564. The molecular formula is C36H70O2. The van der Waals surface area contributed by atoms with Crippen molar-refractivity contribution >= 4 is 5.97 Å². The molecule has 2 heteroatoms. The quantitative estimate of drug-likeness (QED) is 0.0709. The normalized spacial score (nSPS) is 12.6. The zero-order valence-electron chi connectivity index (χ0n) is 26.5. The second kappa shape index (κ2) is 30.7. The Morgan fingerprint density at radius 3 is 1.16 bits per heavy atom. The van der Waals surface area contributed by atoms with E-state index in [1.807, 2.05) is 0 Å². The highest BCUT2D eigenvalue weighted by molar-refractivity contribution is 5.69. The van der Waals surface area contributed by atoms with Crippen LogP contribution in [-0.4, -0.2) is 11.1 Å². The van der Waals surface area contributed by atoms with Gasteiger partial charge in [0.05, 0.1) is 5.92 Å². The van der Waals surface area contributed by atoms with Crippen LogP contribution in [-0.2, 0) is 4.79 Å². The van der Waals surface area contributed by atoms with Crippen LogP contribution in [0, 0.1) is 11.8 Å². The Kier molecular flexibility index (Phi) is 30.1. The first kappa shape index (κ1) is 37.2. The van der Waals surface area contributed by atoms with Gasteiger partial charge in [-0.3, -0.25) is 4.79 Å². The summed E-state index contributed by atoms with van der Waals surface area (Å²) in [6.07, 6.45) is 41.0. The Bertz CT molecular complexity index is 496. The molecular weight excluding hydrogens is 464 g/mol. The van der Waals surface area contributed by atoms with Gasteiger partial charge in [0.2, 0.25) is 0 Å². The third kappa shape index (κ3) is 29.8. The molecule has 0 aliphatic rings. The second-order valence-corrected chi connectivity index (χ2v) is 12.6. The highest BCUT2D eigenvalue weighted by Gasteiger charge is 2.16. The monoisotopic (exact) mass is 535 g/mol. The molecule has 1 N–H and O–H groups in total. The number of hydrogen-bond acceptors (Lipinski definition) is 1. The van der Waals surface area contributed by atoms with Crippen LogP contribution in [0.5, 0.6) is 0 Å². The third-order valence-corrected chi connectivity index (χ3v) is 8.25. The highest BCUT2D eigenvalue weighted by atomic mass is 16.4. The third-order valence-electron chi connectivity index (χ3n) is 8.25. The Hall–Kier alpha value is -0.790. The largest absolute Gasteiger partial charge is 0.481 e. The molecule has 38 heavy (non-hydrogen) atoms. The highest BCUT2D eigenvalue weighted by Crippen LogP contribution is 2.20. The van der Waals surface area contributed by atoms with Crippen LogP contribution in [0.3, 0.4) is 0 Å². The van der Waals surface area contributed by atoms with Crippen LogP contribution in [0.25, 0.3) is 0 Å². The van der Waals surface area contributed by atoms with Gasteiger partial charge >= 0.3 is 5.97 Å². The van der Waals surface area contributed by atoms with Gasteiger partial charge in [-0.25, -0.2) is 0 Å². The molecule has 1 unspecified atom stereocenters. The number of carboxylic acids is 1. The van der Waals surface area contributed by atoms with Crippen LogP contribution in [0.1, 0.15) is 201 Å². The predicted molar refractivity (Wildman–Crippen MR) is 170 cm³/mol. The van der Waals surface area contributed by atoms with Gasteiger partial charge in [0.15, 0.2) is 0 Å². The van der Waals surface area contributed by atoms with Crippen molar-refractivity contribution in [3.05, 3.63) is 12.2 Å². The topological polar surface area (TPSA) is 37.3 Å². The fourth-order valence-electron chi connectivity index (χ4n) is 5.56. The van der Waals surface area contributed by atoms with Crippen molar-refractivity contribution in [1.82, 2.24) is 0 Å². The zero-order chi connectivity index (χ0) is 27.9. The summed E-state index contributed by atoms with van der Waals surface area (Å²) in [5, 5.41) is 9.60. The van der Waals surface area contributed by atoms with Crippen molar-refractivity contribution in [2.45, 2.75) is 201 Å². The lowest BCUT2D eigenvalue weighted by Crippen LogP contribution is -2.13. The minimum Gasteiger partial charge on any atom is -0.481 e. The van der Waals surface area contributed by atoms with Gasteiger partial charge in [-0.05, 0) is 44.4 Å². The summed E-state index contributed by atoms with van der Waals surface area (Å²) in [5.74, 6) is 0.186. The van der Waals surface area contributed by atoms with E-state index in [4.69, 9.17) is 0 Å². The van der Waals surface area contributed by atoms with E-state index in [0.29, 0.717) is 0 Å². The molecule has 0 saturated carbocycles. The summed E-state index contributed by atoms with van der Waals surface area (Å²) in [6, 6.07) is 0. The first-order valence-corrected chi connectivity index (χ1v) is 17.5. The summed E-state index contributed by atoms with van der Waals surface area (Å²) >= 11 is 0. The molecule has 0 fully saturated rings. The van der Waals surface area contributed by atoms with Crippen LogP contribution in [0.15, 0.2) is 12.2 Å². The Morgan fingerprint density at radius 1 is 0.500 bits per heavy atom. The fourth-order valence-corrected chi connectivity index (χ4v) is 5.56. The Morgan fingerprint density at radius 2 is 0.816 bits per heavy atom. The lowest BCUT2D eigenvalue weighted by molar-refractivity contribution is -0.142. The van der Waals surface area contributed by atoms with E-state index in [-0.39, 0.29) is 5.92 Å². The van der Waals surface area contributed by atoms with Gasteiger partial charge in [-0.2, -0.15) is 0 Å². The number of allylic oxidation sites excluding steroid dienone is 2. The number of carboxylic acid groups (broad SMARTS) is 1. The fraction of sp³-hybridized carbons (Fsp3) is 0.917. The average molecular weight is 535 g/mol. The standard InChI is InChI=1S/C36H70O2/c1-4-5-6-7-8-9-10-11-12-13-14-17-20-23-26-29-32-35(36(37)38)33-30-27-24-21-18-15-16-19-22-25-28-31-34(2)3/h11-12,34-35H,4-10,13-33H2,1-3H3,(H,37,38)/b12-11-. The van der Waals surface area contributed by atoms with Crippen molar-refractivity contribution in [3.8, 4) is 0 Å². The molecule has 0 aliphatic carbocycles. The number of carbonyl (C=O) groups is 1. The Balaban J connectivity index is 3.44. The molecule has 0 aromatic carbocycles.